The van der Waals surface area contributed by atoms with Crippen molar-refractivity contribution in [2.45, 2.75) is 228 Å². The summed E-state index contributed by atoms with van der Waals surface area (Å²) in [5.74, 6) is 3.47. The van der Waals surface area contributed by atoms with Crippen LogP contribution in [0.25, 0.3) is 0 Å². The third-order valence-electron chi connectivity index (χ3n) is 12.3. The first-order valence-corrected chi connectivity index (χ1v) is 24.1. The highest BCUT2D eigenvalue weighted by Crippen LogP contribution is 2.23. The molecule has 1 aliphatic rings. The summed E-state index contributed by atoms with van der Waals surface area (Å²) >= 11 is 0. The Bertz CT molecular complexity index is 825. The van der Waals surface area contributed by atoms with Crippen molar-refractivity contribution in [2.75, 3.05) is 39.5 Å². The molecule has 1 saturated heterocycles. The van der Waals surface area contributed by atoms with Gasteiger partial charge in [0.1, 0.15) is 0 Å². The molecule has 0 bridgehead atoms. The van der Waals surface area contributed by atoms with Crippen molar-refractivity contribution in [2.24, 2.45) is 35.5 Å². The third-order valence-corrected chi connectivity index (χ3v) is 12.3. The Morgan fingerprint density at radius 1 is 0.473 bits per heavy atom. The summed E-state index contributed by atoms with van der Waals surface area (Å²) in [6.45, 7) is 23.9. The first kappa shape index (κ1) is 51.9. The Balaban J connectivity index is 2.20. The molecule has 0 N–H and O–H groups in total. The average Bonchev–Trinajstić information content (AvgIpc) is 3.14. The van der Waals surface area contributed by atoms with Crippen LogP contribution in [0.1, 0.15) is 222 Å². The van der Waals surface area contributed by atoms with Gasteiger partial charge in [-0.25, -0.2) is 0 Å². The van der Waals surface area contributed by atoms with Crippen LogP contribution in [0.15, 0.2) is 0 Å². The maximum Gasteiger partial charge on any atom is 0.305 e. The monoisotopic (exact) mass is 778 g/mol. The second-order valence-corrected chi connectivity index (χ2v) is 19.1. The van der Waals surface area contributed by atoms with Crippen molar-refractivity contribution in [3.63, 3.8) is 0 Å². The number of esters is 2. The van der Waals surface area contributed by atoms with Gasteiger partial charge in [0.05, 0.1) is 19.3 Å². The number of rotatable bonds is 37. The van der Waals surface area contributed by atoms with Crippen LogP contribution < -0.4 is 0 Å². The van der Waals surface area contributed by atoms with Gasteiger partial charge in [-0.1, -0.05) is 152 Å². The molecule has 0 aliphatic carbocycles. The highest BCUT2D eigenvalue weighted by molar-refractivity contribution is 5.69. The largest absolute Gasteiger partial charge is 0.465 e. The summed E-state index contributed by atoms with van der Waals surface area (Å²) in [6.07, 6.45) is 30.7. The lowest BCUT2D eigenvalue weighted by Crippen LogP contribution is -2.31. The SMILES string of the molecule is CC(C)CCC(COC(=O)CCCCCCCCCC(CCCCCCCCCC(=O)OCC(CCC(C)C)C(C)C)OCCCN1CCCCC1)C(C)C. The van der Waals surface area contributed by atoms with Crippen LogP contribution >= 0.6 is 0 Å². The first-order chi connectivity index (χ1) is 26.5. The number of nitrogens with zero attached hydrogens (tertiary/aromatic N) is 1. The third kappa shape index (κ3) is 31.5. The molecule has 1 rings (SSSR count). The number of unbranched alkanes of at least 4 members (excludes halogenated alkanes) is 12. The standard InChI is InChI=1S/C49H95NO5/c1-41(2)31-33-45(43(5)6)39-54-48(51)29-22-17-13-9-11-15-20-27-47(53-38-26-37-50-35-24-19-25-36-50)28-21-16-12-10-14-18-23-30-49(52)55-40-46(44(7)8)34-32-42(3)4/h41-47H,9-40H2,1-8H3. The van der Waals surface area contributed by atoms with Crippen molar-refractivity contribution >= 4 is 11.9 Å². The van der Waals surface area contributed by atoms with Gasteiger partial charge >= 0.3 is 11.9 Å². The van der Waals surface area contributed by atoms with E-state index in [-0.39, 0.29) is 11.9 Å². The molecule has 2 atom stereocenters. The Hall–Kier alpha value is -1.14. The maximum atomic E-state index is 12.3. The molecule has 0 aromatic carbocycles. The van der Waals surface area contributed by atoms with Crippen LogP contribution in [0, 0.1) is 35.5 Å². The molecule has 1 aliphatic heterocycles. The Labute approximate surface area is 343 Å². The predicted molar refractivity (Wildman–Crippen MR) is 234 cm³/mol. The molecule has 0 amide bonds. The highest BCUT2D eigenvalue weighted by atomic mass is 16.5. The number of likely N-dealkylation sites (tertiary alicyclic amines) is 1. The van der Waals surface area contributed by atoms with Crippen LogP contribution in [-0.2, 0) is 23.8 Å². The maximum absolute atomic E-state index is 12.3. The molecule has 6 heteroatoms. The Kier molecular flexibility index (Phi) is 32.9. The van der Waals surface area contributed by atoms with E-state index in [1.807, 2.05) is 0 Å². The number of carbonyl (C=O) groups is 2. The van der Waals surface area contributed by atoms with Gasteiger partial charge in [-0.3, -0.25) is 9.59 Å². The van der Waals surface area contributed by atoms with Crippen LogP contribution in [0.2, 0.25) is 0 Å². The summed E-state index contributed by atoms with van der Waals surface area (Å²) in [4.78, 5) is 27.3. The molecule has 55 heavy (non-hydrogen) atoms. The van der Waals surface area contributed by atoms with Gasteiger partial charge in [-0.05, 0) is 106 Å². The van der Waals surface area contributed by atoms with Gasteiger partial charge in [0, 0.05) is 26.0 Å². The van der Waals surface area contributed by atoms with E-state index in [9.17, 15) is 9.59 Å². The van der Waals surface area contributed by atoms with E-state index in [4.69, 9.17) is 14.2 Å². The zero-order valence-corrected chi connectivity index (χ0v) is 38.2. The molecule has 6 nitrogen and oxygen atoms in total. The van der Waals surface area contributed by atoms with Crippen LogP contribution in [0.3, 0.4) is 0 Å². The second kappa shape index (κ2) is 34.9. The van der Waals surface area contributed by atoms with Crippen molar-refractivity contribution in [1.82, 2.24) is 4.90 Å². The molecule has 0 saturated carbocycles. The summed E-state index contributed by atoms with van der Waals surface area (Å²) in [6, 6.07) is 0. The molecule has 0 radical (unpaired) electrons. The fourth-order valence-electron chi connectivity index (χ4n) is 7.94. The van der Waals surface area contributed by atoms with E-state index >= 15 is 0 Å². The second-order valence-electron chi connectivity index (χ2n) is 19.1. The lowest BCUT2D eigenvalue weighted by atomic mass is 9.89. The van der Waals surface area contributed by atoms with E-state index in [0.717, 1.165) is 51.6 Å². The predicted octanol–water partition coefficient (Wildman–Crippen LogP) is 13.8. The Morgan fingerprint density at radius 2 is 0.873 bits per heavy atom. The van der Waals surface area contributed by atoms with E-state index in [1.165, 1.54) is 129 Å². The fraction of sp³-hybridized carbons (Fsp3) is 0.959. The highest BCUT2D eigenvalue weighted by Gasteiger charge is 2.18. The van der Waals surface area contributed by atoms with E-state index < -0.39 is 0 Å². The minimum Gasteiger partial charge on any atom is -0.465 e. The lowest BCUT2D eigenvalue weighted by molar-refractivity contribution is -0.146. The number of carbonyl (C=O) groups excluding carboxylic acids is 2. The normalized spacial score (nSPS) is 15.6. The van der Waals surface area contributed by atoms with E-state index in [0.29, 0.717) is 67.7 Å². The van der Waals surface area contributed by atoms with Crippen molar-refractivity contribution in [3.05, 3.63) is 0 Å². The molecule has 0 aromatic rings. The lowest BCUT2D eigenvalue weighted by Gasteiger charge is -2.26. The van der Waals surface area contributed by atoms with Gasteiger partial charge < -0.3 is 19.1 Å². The van der Waals surface area contributed by atoms with Gasteiger partial charge in [0.15, 0.2) is 0 Å². The number of piperidine rings is 1. The quantitative estimate of drug-likeness (QED) is 0.0462. The summed E-state index contributed by atoms with van der Waals surface area (Å²) in [5, 5.41) is 0. The topological polar surface area (TPSA) is 65.1 Å². The summed E-state index contributed by atoms with van der Waals surface area (Å²) in [5.41, 5.74) is 0. The summed E-state index contributed by atoms with van der Waals surface area (Å²) < 4.78 is 17.9. The molecular formula is C49H95NO5. The minimum absolute atomic E-state index is 0.00547. The molecule has 0 spiro atoms. The van der Waals surface area contributed by atoms with Gasteiger partial charge in [0.25, 0.3) is 0 Å². The zero-order chi connectivity index (χ0) is 40.5. The number of hydrogen-bond acceptors (Lipinski definition) is 6. The van der Waals surface area contributed by atoms with Gasteiger partial charge in [-0.15, -0.1) is 0 Å². The molecule has 1 fully saturated rings. The molecule has 326 valence electrons. The van der Waals surface area contributed by atoms with Crippen molar-refractivity contribution in [1.29, 1.82) is 0 Å². The molecule has 2 unspecified atom stereocenters. The van der Waals surface area contributed by atoms with E-state index in [2.05, 4.69) is 60.3 Å². The molecule has 0 aromatic heterocycles. The average molecular weight is 778 g/mol. The van der Waals surface area contributed by atoms with E-state index in [1.54, 1.807) is 0 Å². The minimum atomic E-state index is -0.00547. The molecule has 1 heterocycles. The smallest absolute Gasteiger partial charge is 0.305 e. The molecular weight excluding hydrogens is 683 g/mol. The van der Waals surface area contributed by atoms with Crippen molar-refractivity contribution < 1.29 is 23.8 Å². The summed E-state index contributed by atoms with van der Waals surface area (Å²) in [7, 11) is 0. The van der Waals surface area contributed by atoms with Gasteiger partial charge in [0.2, 0.25) is 0 Å². The van der Waals surface area contributed by atoms with Crippen LogP contribution in [0.5, 0.6) is 0 Å². The van der Waals surface area contributed by atoms with Crippen LogP contribution in [0.4, 0.5) is 0 Å². The van der Waals surface area contributed by atoms with Crippen molar-refractivity contribution in [3.8, 4) is 0 Å². The fourth-order valence-corrected chi connectivity index (χ4v) is 7.94. The Morgan fingerprint density at radius 3 is 1.27 bits per heavy atom. The number of hydrogen-bond donors (Lipinski definition) is 0. The first-order valence-electron chi connectivity index (χ1n) is 24.1. The van der Waals surface area contributed by atoms with Crippen LogP contribution in [-0.4, -0.2) is 62.4 Å². The number of ether oxygens (including phenoxy) is 3. The zero-order valence-electron chi connectivity index (χ0n) is 38.2. The van der Waals surface area contributed by atoms with Gasteiger partial charge in [-0.2, -0.15) is 0 Å².